The van der Waals surface area contributed by atoms with Gasteiger partial charge in [0, 0.05) is 13.2 Å². The molecule has 0 aromatic rings. The molecule has 3 N–H and O–H groups in total. The topological polar surface area (TPSA) is 56.5 Å². The van der Waals surface area contributed by atoms with Gasteiger partial charge in [0.1, 0.15) is 0 Å². The van der Waals surface area contributed by atoms with Crippen LogP contribution in [0, 0.1) is 0 Å². The average Bonchev–Trinajstić information content (AvgIpc) is 2.86. The maximum absolute atomic E-state index is 6.24. The third-order valence-electron chi connectivity index (χ3n) is 5.02. The van der Waals surface area contributed by atoms with Crippen LogP contribution in [0.1, 0.15) is 71.1 Å². The minimum Gasteiger partial charge on any atom is -0.378 e. The van der Waals surface area contributed by atoms with E-state index in [1.807, 2.05) is 0 Å². The lowest BCUT2D eigenvalue weighted by molar-refractivity contribution is -0.0808. The Bertz CT molecular complexity index is 259. The molecule has 0 amide bonds. The van der Waals surface area contributed by atoms with Crippen molar-refractivity contribution in [2.75, 3.05) is 13.2 Å². The predicted octanol–water partition coefficient (Wildman–Crippen LogP) is 2.91. The van der Waals surface area contributed by atoms with Crippen LogP contribution in [0.5, 0.6) is 0 Å². The standard InChI is InChI=1S/C16H32N2O2/c1-2-20-16(11-5-3-4-6-12-16)15(18-17)10-9-14-8-7-13-19-14/h14-15,18H,2-13,17H2,1H3. The van der Waals surface area contributed by atoms with Crippen molar-refractivity contribution >= 4 is 0 Å². The maximum Gasteiger partial charge on any atom is 0.0848 e. The van der Waals surface area contributed by atoms with Crippen LogP contribution in [-0.4, -0.2) is 31.0 Å². The zero-order valence-electron chi connectivity index (χ0n) is 13.0. The van der Waals surface area contributed by atoms with Gasteiger partial charge in [-0.25, -0.2) is 0 Å². The first kappa shape index (κ1) is 16.2. The Morgan fingerprint density at radius 1 is 1.25 bits per heavy atom. The first-order valence-corrected chi connectivity index (χ1v) is 8.52. The summed E-state index contributed by atoms with van der Waals surface area (Å²) in [6.07, 6.45) is 12.5. The van der Waals surface area contributed by atoms with Crippen molar-refractivity contribution in [3.8, 4) is 0 Å². The Balaban J connectivity index is 1.95. The van der Waals surface area contributed by atoms with E-state index in [4.69, 9.17) is 15.3 Å². The number of nitrogens with two attached hydrogens (primary N) is 1. The number of ether oxygens (including phenoxy) is 2. The number of hydrogen-bond donors (Lipinski definition) is 2. The molecule has 20 heavy (non-hydrogen) atoms. The molecule has 2 aliphatic rings. The van der Waals surface area contributed by atoms with Gasteiger partial charge in [0.25, 0.3) is 0 Å². The van der Waals surface area contributed by atoms with E-state index < -0.39 is 0 Å². The van der Waals surface area contributed by atoms with E-state index in [9.17, 15) is 0 Å². The van der Waals surface area contributed by atoms with Crippen LogP contribution in [0.3, 0.4) is 0 Å². The highest BCUT2D eigenvalue weighted by molar-refractivity contribution is 4.94. The van der Waals surface area contributed by atoms with Crippen LogP contribution < -0.4 is 11.3 Å². The molecule has 0 spiro atoms. The molecule has 1 aliphatic carbocycles. The van der Waals surface area contributed by atoms with Gasteiger partial charge in [-0.05, 0) is 45.4 Å². The zero-order valence-corrected chi connectivity index (χ0v) is 13.0. The maximum atomic E-state index is 6.24. The SMILES string of the molecule is CCOC1(C(CCC2CCCO2)NN)CCCCCC1. The molecule has 1 aliphatic heterocycles. The summed E-state index contributed by atoms with van der Waals surface area (Å²) in [5.74, 6) is 5.88. The fourth-order valence-corrected chi connectivity index (χ4v) is 3.93. The van der Waals surface area contributed by atoms with Gasteiger partial charge in [0.2, 0.25) is 0 Å². The molecule has 4 heteroatoms. The Hall–Kier alpha value is -0.160. The van der Waals surface area contributed by atoms with Crippen molar-refractivity contribution in [1.82, 2.24) is 5.43 Å². The second-order valence-electron chi connectivity index (χ2n) is 6.34. The fourth-order valence-electron chi connectivity index (χ4n) is 3.93. The van der Waals surface area contributed by atoms with E-state index in [0.717, 1.165) is 38.9 Å². The molecular formula is C16H32N2O2. The lowest BCUT2D eigenvalue weighted by Crippen LogP contribution is -2.55. The average molecular weight is 284 g/mol. The van der Waals surface area contributed by atoms with E-state index >= 15 is 0 Å². The third-order valence-corrected chi connectivity index (χ3v) is 5.02. The summed E-state index contributed by atoms with van der Waals surface area (Å²) >= 11 is 0. The van der Waals surface area contributed by atoms with Gasteiger partial charge in [0.15, 0.2) is 0 Å². The Morgan fingerprint density at radius 3 is 2.55 bits per heavy atom. The number of hydrazine groups is 1. The minimum atomic E-state index is -0.0569. The minimum absolute atomic E-state index is 0.0569. The predicted molar refractivity (Wildman–Crippen MR) is 81.4 cm³/mol. The molecular weight excluding hydrogens is 252 g/mol. The Labute approximate surface area is 123 Å². The van der Waals surface area contributed by atoms with Crippen molar-refractivity contribution < 1.29 is 9.47 Å². The molecule has 2 fully saturated rings. The second-order valence-corrected chi connectivity index (χ2v) is 6.34. The van der Waals surface area contributed by atoms with Gasteiger partial charge in [-0.15, -0.1) is 0 Å². The highest BCUT2D eigenvalue weighted by Gasteiger charge is 2.39. The molecule has 0 aromatic heterocycles. The van der Waals surface area contributed by atoms with Crippen molar-refractivity contribution in [3.63, 3.8) is 0 Å². The molecule has 2 rings (SSSR count). The number of nitrogens with one attached hydrogen (secondary N) is 1. The highest BCUT2D eigenvalue weighted by atomic mass is 16.5. The molecule has 118 valence electrons. The van der Waals surface area contributed by atoms with Crippen molar-refractivity contribution in [3.05, 3.63) is 0 Å². The van der Waals surface area contributed by atoms with Crippen molar-refractivity contribution in [1.29, 1.82) is 0 Å². The molecule has 1 saturated carbocycles. The normalized spacial score (nSPS) is 28.2. The summed E-state index contributed by atoms with van der Waals surface area (Å²) in [6.45, 7) is 3.81. The highest BCUT2D eigenvalue weighted by Crippen LogP contribution is 2.35. The van der Waals surface area contributed by atoms with Gasteiger partial charge in [-0.3, -0.25) is 11.3 Å². The number of rotatable bonds is 7. The summed E-state index contributed by atoms with van der Waals surface area (Å²) in [4.78, 5) is 0. The second kappa shape index (κ2) is 8.32. The zero-order chi connectivity index (χ0) is 14.3. The largest absolute Gasteiger partial charge is 0.378 e. The quantitative estimate of drug-likeness (QED) is 0.429. The summed E-state index contributed by atoms with van der Waals surface area (Å²) in [7, 11) is 0. The van der Waals surface area contributed by atoms with Crippen molar-refractivity contribution in [2.45, 2.75) is 88.9 Å². The van der Waals surface area contributed by atoms with E-state index in [1.165, 1.54) is 38.5 Å². The molecule has 2 atom stereocenters. The molecule has 0 aromatic carbocycles. The van der Waals surface area contributed by atoms with E-state index in [2.05, 4.69) is 12.3 Å². The first-order valence-electron chi connectivity index (χ1n) is 8.52. The van der Waals surface area contributed by atoms with E-state index in [1.54, 1.807) is 0 Å². The number of hydrogen-bond acceptors (Lipinski definition) is 4. The van der Waals surface area contributed by atoms with Crippen LogP contribution in [0.15, 0.2) is 0 Å². The van der Waals surface area contributed by atoms with Crippen LogP contribution in [-0.2, 0) is 9.47 Å². The molecule has 1 heterocycles. The summed E-state index contributed by atoms with van der Waals surface area (Å²) in [6, 6.07) is 0.254. The first-order chi connectivity index (χ1) is 9.80. The molecule has 1 saturated heterocycles. The third kappa shape index (κ3) is 4.17. The van der Waals surface area contributed by atoms with Gasteiger partial charge in [-0.2, -0.15) is 0 Å². The summed E-state index contributed by atoms with van der Waals surface area (Å²) in [5.41, 5.74) is 3.01. The monoisotopic (exact) mass is 284 g/mol. The smallest absolute Gasteiger partial charge is 0.0848 e. The van der Waals surface area contributed by atoms with E-state index in [-0.39, 0.29) is 11.6 Å². The van der Waals surface area contributed by atoms with E-state index in [0.29, 0.717) is 6.10 Å². The van der Waals surface area contributed by atoms with Crippen LogP contribution >= 0.6 is 0 Å². The van der Waals surface area contributed by atoms with Gasteiger partial charge >= 0.3 is 0 Å². The van der Waals surface area contributed by atoms with Crippen LogP contribution in [0.2, 0.25) is 0 Å². The van der Waals surface area contributed by atoms with Crippen molar-refractivity contribution in [2.24, 2.45) is 5.84 Å². The lowest BCUT2D eigenvalue weighted by atomic mass is 9.83. The molecule has 4 nitrogen and oxygen atoms in total. The molecule has 0 radical (unpaired) electrons. The van der Waals surface area contributed by atoms with Crippen LogP contribution in [0.4, 0.5) is 0 Å². The summed E-state index contributed by atoms with van der Waals surface area (Å²) < 4.78 is 12.0. The van der Waals surface area contributed by atoms with Gasteiger partial charge in [0.05, 0.1) is 17.7 Å². The Kier molecular flexibility index (Phi) is 6.75. The fraction of sp³-hybridized carbons (Fsp3) is 1.00. The molecule has 2 unspecified atom stereocenters. The van der Waals surface area contributed by atoms with Gasteiger partial charge < -0.3 is 9.47 Å². The summed E-state index contributed by atoms with van der Waals surface area (Å²) in [5, 5.41) is 0. The Morgan fingerprint density at radius 2 is 2.00 bits per heavy atom. The van der Waals surface area contributed by atoms with Crippen LogP contribution in [0.25, 0.3) is 0 Å². The molecule has 0 bridgehead atoms. The van der Waals surface area contributed by atoms with Gasteiger partial charge in [-0.1, -0.05) is 25.7 Å². The lowest BCUT2D eigenvalue weighted by Gasteiger charge is -2.40.